The average molecular weight is 265 g/mol. The summed E-state index contributed by atoms with van der Waals surface area (Å²) in [5.74, 6) is 0. The fraction of sp³-hybridized carbons (Fsp3) is 0.333. The van der Waals surface area contributed by atoms with Crippen molar-refractivity contribution < 1.29 is 0 Å². The molecule has 2 N–H and O–H groups in total. The molecule has 5 heteroatoms. The van der Waals surface area contributed by atoms with Crippen LogP contribution in [0.5, 0.6) is 0 Å². The number of nitrogens with two attached hydrogens (primary N) is 1. The lowest BCUT2D eigenvalue weighted by molar-refractivity contribution is 0.633. The standard InChI is InChI=1S/C12H15N3S2/c1-2-10(13)11(9-3-5-14-6-4-9)17-12-15-7-8-16-12/h3-8,10-11H,2,13H2,1H3. The van der Waals surface area contributed by atoms with Crippen LogP contribution in [0.2, 0.25) is 0 Å². The van der Waals surface area contributed by atoms with Gasteiger partial charge in [0, 0.05) is 30.0 Å². The molecule has 2 heterocycles. The minimum Gasteiger partial charge on any atom is -0.326 e. The lowest BCUT2D eigenvalue weighted by Crippen LogP contribution is -2.25. The Morgan fingerprint density at radius 1 is 1.35 bits per heavy atom. The Morgan fingerprint density at radius 3 is 2.71 bits per heavy atom. The zero-order chi connectivity index (χ0) is 12.1. The Hall–Kier alpha value is -0.910. The van der Waals surface area contributed by atoms with E-state index in [0.29, 0.717) is 0 Å². The Labute approximate surface area is 109 Å². The van der Waals surface area contributed by atoms with Gasteiger partial charge in [-0.05, 0) is 24.1 Å². The summed E-state index contributed by atoms with van der Waals surface area (Å²) in [5.41, 5.74) is 7.42. The third-order valence-corrected chi connectivity index (χ3v) is 4.86. The van der Waals surface area contributed by atoms with Gasteiger partial charge in [-0.2, -0.15) is 0 Å². The molecule has 0 aliphatic heterocycles. The van der Waals surface area contributed by atoms with Crippen molar-refractivity contribution in [1.29, 1.82) is 0 Å². The first kappa shape index (κ1) is 12.5. The molecule has 17 heavy (non-hydrogen) atoms. The van der Waals surface area contributed by atoms with Crippen LogP contribution < -0.4 is 5.73 Å². The largest absolute Gasteiger partial charge is 0.326 e. The molecule has 0 amide bonds. The molecule has 2 unspecified atom stereocenters. The molecule has 3 nitrogen and oxygen atoms in total. The molecule has 0 bridgehead atoms. The molecule has 90 valence electrons. The van der Waals surface area contributed by atoms with Crippen LogP contribution in [0.4, 0.5) is 0 Å². The van der Waals surface area contributed by atoms with Crippen molar-refractivity contribution in [2.75, 3.05) is 0 Å². The number of thioether (sulfide) groups is 1. The predicted octanol–water partition coefficient (Wildman–Crippen LogP) is 3.11. The normalized spacial score (nSPS) is 14.5. The number of aromatic nitrogens is 2. The second kappa shape index (κ2) is 6.14. The Balaban J connectivity index is 2.20. The lowest BCUT2D eigenvalue weighted by Gasteiger charge is -2.21. The maximum absolute atomic E-state index is 6.20. The summed E-state index contributed by atoms with van der Waals surface area (Å²) in [6, 6.07) is 4.19. The van der Waals surface area contributed by atoms with Crippen molar-refractivity contribution >= 4 is 23.1 Å². The summed E-state index contributed by atoms with van der Waals surface area (Å²) in [6.45, 7) is 2.11. The topological polar surface area (TPSA) is 51.8 Å². The van der Waals surface area contributed by atoms with Gasteiger partial charge in [0.15, 0.2) is 0 Å². The van der Waals surface area contributed by atoms with Gasteiger partial charge in [0.05, 0.1) is 5.25 Å². The number of rotatable bonds is 5. The van der Waals surface area contributed by atoms with Gasteiger partial charge in [-0.25, -0.2) is 4.98 Å². The summed E-state index contributed by atoms with van der Waals surface area (Å²) < 4.78 is 1.07. The van der Waals surface area contributed by atoms with E-state index in [1.54, 1.807) is 23.1 Å². The molecule has 0 fully saturated rings. The fourth-order valence-electron chi connectivity index (χ4n) is 1.55. The van der Waals surface area contributed by atoms with Crippen molar-refractivity contribution in [3.63, 3.8) is 0 Å². The van der Waals surface area contributed by atoms with E-state index in [-0.39, 0.29) is 11.3 Å². The van der Waals surface area contributed by atoms with E-state index in [0.717, 1.165) is 10.8 Å². The van der Waals surface area contributed by atoms with E-state index in [4.69, 9.17) is 5.73 Å². The van der Waals surface area contributed by atoms with Crippen molar-refractivity contribution in [2.24, 2.45) is 5.73 Å². The maximum atomic E-state index is 6.20. The minimum atomic E-state index is 0.131. The van der Waals surface area contributed by atoms with Crippen LogP contribution in [0.25, 0.3) is 0 Å². The van der Waals surface area contributed by atoms with E-state index >= 15 is 0 Å². The molecular weight excluding hydrogens is 250 g/mol. The second-order valence-corrected chi connectivity index (χ2v) is 5.97. The molecule has 2 rings (SSSR count). The van der Waals surface area contributed by atoms with Gasteiger partial charge >= 0.3 is 0 Å². The molecule has 2 aromatic heterocycles. The van der Waals surface area contributed by atoms with Crippen LogP contribution in [0.15, 0.2) is 40.4 Å². The van der Waals surface area contributed by atoms with Gasteiger partial charge < -0.3 is 5.73 Å². The summed E-state index contributed by atoms with van der Waals surface area (Å²) in [7, 11) is 0. The van der Waals surface area contributed by atoms with E-state index in [2.05, 4.69) is 16.9 Å². The molecule has 0 aromatic carbocycles. The van der Waals surface area contributed by atoms with E-state index in [9.17, 15) is 0 Å². The molecular formula is C12H15N3S2. The van der Waals surface area contributed by atoms with E-state index < -0.39 is 0 Å². The van der Waals surface area contributed by atoms with Crippen LogP contribution in [0.1, 0.15) is 24.2 Å². The minimum absolute atomic E-state index is 0.131. The molecule has 2 atom stereocenters. The zero-order valence-corrected chi connectivity index (χ0v) is 11.2. The summed E-state index contributed by atoms with van der Waals surface area (Å²) in [6.07, 6.45) is 6.40. The van der Waals surface area contributed by atoms with Crippen molar-refractivity contribution in [2.45, 2.75) is 29.0 Å². The number of hydrogen-bond acceptors (Lipinski definition) is 5. The van der Waals surface area contributed by atoms with Crippen LogP contribution in [-0.4, -0.2) is 16.0 Å². The Morgan fingerprint density at radius 2 is 2.12 bits per heavy atom. The van der Waals surface area contributed by atoms with Crippen LogP contribution in [-0.2, 0) is 0 Å². The fourth-order valence-corrected chi connectivity index (χ4v) is 3.61. The van der Waals surface area contributed by atoms with Gasteiger partial charge in [-0.3, -0.25) is 4.98 Å². The quantitative estimate of drug-likeness (QED) is 0.844. The third kappa shape index (κ3) is 3.28. The van der Waals surface area contributed by atoms with Crippen LogP contribution >= 0.6 is 23.1 Å². The van der Waals surface area contributed by atoms with Gasteiger partial charge in [0.1, 0.15) is 4.34 Å². The maximum Gasteiger partial charge on any atom is 0.150 e. The highest BCUT2D eigenvalue weighted by molar-refractivity contribution is 8.01. The highest BCUT2D eigenvalue weighted by Gasteiger charge is 2.20. The van der Waals surface area contributed by atoms with Crippen LogP contribution in [0.3, 0.4) is 0 Å². The smallest absolute Gasteiger partial charge is 0.150 e. The molecule has 0 saturated heterocycles. The number of thiazole rings is 1. The molecule has 0 radical (unpaired) electrons. The Bertz CT molecular complexity index is 430. The average Bonchev–Trinajstić information content (AvgIpc) is 2.89. The predicted molar refractivity (Wildman–Crippen MR) is 73.2 cm³/mol. The van der Waals surface area contributed by atoms with E-state index in [1.807, 2.05) is 36.1 Å². The summed E-state index contributed by atoms with van der Waals surface area (Å²) in [4.78, 5) is 8.36. The van der Waals surface area contributed by atoms with Gasteiger partial charge in [-0.1, -0.05) is 18.7 Å². The monoisotopic (exact) mass is 265 g/mol. The third-order valence-electron chi connectivity index (χ3n) is 2.53. The molecule has 0 aliphatic rings. The van der Waals surface area contributed by atoms with Crippen molar-refractivity contribution in [3.8, 4) is 0 Å². The highest BCUT2D eigenvalue weighted by Crippen LogP contribution is 2.38. The first-order valence-electron chi connectivity index (χ1n) is 5.53. The number of pyridine rings is 1. The van der Waals surface area contributed by atoms with Crippen LogP contribution in [0, 0.1) is 0 Å². The first-order chi connectivity index (χ1) is 8.31. The SMILES string of the molecule is CCC(N)C(Sc1nccs1)c1ccncc1. The molecule has 0 spiro atoms. The second-order valence-electron chi connectivity index (χ2n) is 3.69. The van der Waals surface area contributed by atoms with Gasteiger partial charge in [-0.15, -0.1) is 11.3 Å². The molecule has 2 aromatic rings. The zero-order valence-electron chi connectivity index (χ0n) is 9.61. The first-order valence-corrected chi connectivity index (χ1v) is 7.29. The Kier molecular flexibility index (Phi) is 4.53. The van der Waals surface area contributed by atoms with Gasteiger partial charge in [0.2, 0.25) is 0 Å². The molecule has 0 saturated carbocycles. The van der Waals surface area contributed by atoms with Crippen molar-refractivity contribution in [1.82, 2.24) is 9.97 Å². The lowest BCUT2D eigenvalue weighted by atomic mass is 10.1. The number of nitrogens with zero attached hydrogens (tertiary/aromatic N) is 2. The molecule has 0 aliphatic carbocycles. The van der Waals surface area contributed by atoms with E-state index in [1.165, 1.54) is 5.56 Å². The highest BCUT2D eigenvalue weighted by atomic mass is 32.2. The van der Waals surface area contributed by atoms with Crippen molar-refractivity contribution in [3.05, 3.63) is 41.7 Å². The number of hydrogen-bond donors (Lipinski definition) is 1. The summed E-state index contributed by atoms with van der Waals surface area (Å²) in [5, 5.41) is 2.23. The van der Waals surface area contributed by atoms with Gasteiger partial charge in [0.25, 0.3) is 0 Å². The summed E-state index contributed by atoms with van der Waals surface area (Å²) >= 11 is 3.39.